The fourth-order valence-electron chi connectivity index (χ4n) is 2.39. The van der Waals surface area contributed by atoms with Crippen molar-refractivity contribution in [3.63, 3.8) is 0 Å². The summed E-state index contributed by atoms with van der Waals surface area (Å²) >= 11 is 0. The van der Waals surface area contributed by atoms with Crippen LogP contribution >= 0.6 is 0 Å². The summed E-state index contributed by atoms with van der Waals surface area (Å²) < 4.78 is 15.9. The highest BCUT2D eigenvalue weighted by Gasteiger charge is 2.22. The predicted molar refractivity (Wildman–Crippen MR) is 85.1 cm³/mol. The SMILES string of the molecule is CCOC(=O)c1cnc2c(OC)ccc(OC)c2c1N(C)C. The van der Waals surface area contributed by atoms with Crippen LogP contribution in [-0.2, 0) is 4.74 Å². The van der Waals surface area contributed by atoms with Gasteiger partial charge >= 0.3 is 5.97 Å². The summed E-state index contributed by atoms with van der Waals surface area (Å²) in [5.41, 5.74) is 1.73. The molecule has 1 aromatic carbocycles. The summed E-state index contributed by atoms with van der Waals surface area (Å²) in [6.07, 6.45) is 1.51. The third kappa shape index (κ3) is 2.64. The van der Waals surface area contributed by atoms with E-state index < -0.39 is 5.97 Å². The average molecular weight is 304 g/mol. The van der Waals surface area contributed by atoms with Gasteiger partial charge in [0, 0.05) is 20.3 Å². The molecule has 0 aliphatic heterocycles. The Balaban J connectivity index is 2.85. The van der Waals surface area contributed by atoms with Gasteiger partial charge in [-0.1, -0.05) is 0 Å². The van der Waals surface area contributed by atoms with E-state index in [-0.39, 0.29) is 0 Å². The van der Waals surface area contributed by atoms with E-state index in [4.69, 9.17) is 14.2 Å². The molecule has 6 nitrogen and oxygen atoms in total. The first-order valence-corrected chi connectivity index (χ1v) is 6.93. The Kier molecular flexibility index (Phi) is 4.70. The summed E-state index contributed by atoms with van der Waals surface area (Å²) in [5.74, 6) is 0.831. The van der Waals surface area contributed by atoms with Gasteiger partial charge in [0.25, 0.3) is 0 Å². The number of ether oxygens (including phenoxy) is 3. The molecule has 0 N–H and O–H groups in total. The Morgan fingerprint density at radius 1 is 1.18 bits per heavy atom. The van der Waals surface area contributed by atoms with Crippen molar-refractivity contribution in [2.45, 2.75) is 6.92 Å². The van der Waals surface area contributed by atoms with Crippen LogP contribution in [0.3, 0.4) is 0 Å². The fourth-order valence-corrected chi connectivity index (χ4v) is 2.39. The quantitative estimate of drug-likeness (QED) is 0.791. The van der Waals surface area contributed by atoms with Crippen LogP contribution in [0, 0.1) is 0 Å². The third-order valence-electron chi connectivity index (χ3n) is 3.30. The molecule has 1 aromatic heterocycles. The van der Waals surface area contributed by atoms with Crippen LogP contribution in [0.4, 0.5) is 5.69 Å². The van der Waals surface area contributed by atoms with Gasteiger partial charge < -0.3 is 19.1 Å². The van der Waals surface area contributed by atoms with Gasteiger partial charge in [0.2, 0.25) is 0 Å². The van der Waals surface area contributed by atoms with E-state index in [9.17, 15) is 4.79 Å². The number of methoxy groups -OCH3 is 2. The van der Waals surface area contributed by atoms with Gasteiger partial charge in [0.1, 0.15) is 22.6 Å². The average Bonchev–Trinajstić information content (AvgIpc) is 2.52. The second-order valence-corrected chi connectivity index (χ2v) is 4.83. The minimum atomic E-state index is -0.412. The highest BCUT2D eigenvalue weighted by molar-refractivity contribution is 6.08. The summed E-state index contributed by atoms with van der Waals surface area (Å²) in [6.45, 7) is 2.07. The molecule has 0 bridgehead atoms. The van der Waals surface area contributed by atoms with Crippen molar-refractivity contribution < 1.29 is 19.0 Å². The molecule has 0 fully saturated rings. The first kappa shape index (κ1) is 15.9. The molecule has 0 atom stereocenters. The second-order valence-electron chi connectivity index (χ2n) is 4.83. The number of rotatable bonds is 5. The number of hydrogen-bond donors (Lipinski definition) is 0. The van der Waals surface area contributed by atoms with Crippen LogP contribution in [0.25, 0.3) is 10.9 Å². The largest absolute Gasteiger partial charge is 0.496 e. The summed E-state index contributed by atoms with van der Waals surface area (Å²) in [7, 11) is 6.88. The van der Waals surface area contributed by atoms with Crippen LogP contribution in [0.15, 0.2) is 18.3 Å². The number of carbonyl (C=O) groups excluding carboxylic acids is 1. The highest BCUT2D eigenvalue weighted by Crippen LogP contribution is 2.39. The van der Waals surface area contributed by atoms with Gasteiger partial charge in [-0.05, 0) is 19.1 Å². The molecule has 0 saturated carbocycles. The molecule has 0 aliphatic carbocycles. The summed E-state index contributed by atoms with van der Waals surface area (Å²) in [6, 6.07) is 3.59. The standard InChI is InChI=1S/C16H20N2O4/c1-6-22-16(19)10-9-17-14-12(21-5)8-7-11(20-4)13(14)15(10)18(2)3/h7-9H,6H2,1-5H3. The molecular formula is C16H20N2O4. The van der Waals surface area contributed by atoms with Gasteiger partial charge in [-0.3, -0.25) is 4.98 Å². The number of carbonyl (C=O) groups is 1. The zero-order valence-corrected chi connectivity index (χ0v) is 13.5. The van der Waals surface area contributed by atoms with Gasteiger partial charge in [-0.15, -0.1) is 0 Å². The van der Waals surface area contributed by atoms with Gasteiger partial charge in [0.05, 0.1) is 31.9 Å². The van der Waals surface area contributed by atoms with Crippen LogP contribution in [-0.4, -0.2) is 45.9 Å². The molecule has 1 heterocycles. The van der Waals surface area contributed by atoms with Crippen molar-refractivity contribution in [1.29, 1.82) is 0 Å². The Hall–Kier alpha value is -2.50. The molecule has 0 amide bonds. The Morgan fingerprint density at radius 3 is 2.36 bits per heavy atom. The lowest BCUT2D eigenvalue weighted by Gasteiger charge is -2.21. The van der Waals surface area contributed by atoms with Gasteiger partial charge in [-0.2, -0.15) is 0 Å². The number of pyridine rings is 1. The van der Waals surface area contributed by atoms with Crippen LogP contribution in [0.1, 0.15) is 17.3 Å². The third-order valence-corrected chi connectivity index (χ3v) is 3.30. The van der Waals surface area contributed by atoms with Crippen molar-refractivity contribution in [2.24, 2.45) is 0 Å². The highest BCUT2D eigenvalue weighted by atomic mass is 16.5. The summed E-state index contributed by atoms with van der Waals surface area (Å²) in [4.78, 5) is 18.4. The molecule has 22 heavy (non-hydrogen) atoms. The second kappa shape index (κ2) is 6.51. The minimum absolute atomic E-state index is 0.305. The molecular weight excluding hydrogens is 284 g/mol. The number of esters is 1. The van der Waals surface area contributed by atoms with Crippen molar-refractivity contribution in [1.82, 2.24) is 4.98 Å². The van der Waals surface area contributed by atoms with Crippen molar-refractivity contribution in [2.75, 3.05) is 39.8 Å². The van der Waals surface area contributed by atoms with Gasteiger partial charge in [0.15, 0.2) is 0 Å². The monoisotopic (exact) mass is 304 g/mol. The lowest BCUT2D eigenvalue weighted by molar-refractivity contribution is 0.0527. The Labute approximate surface area is 129 Å². The number of nitrogens with zero attached hydrogens (tertiary/aromatic N) is 2. The van der Waals surface area contributed by atoms with Crippen LogP contribution in [0.5, 0.6) is 11.5 Å². The first-order valence-electron chi connectivity index (χ1n) is 6.93. The molecule has 118 valence electrons. The van der Waals surface area contributed by atoms with Crippen molar-refractivity contribution in [3.05, 3.63) is 23.9 Å². The number of aromatic nitrogens is 1. The maximum Gasteiger partial charge on any atom is 0.341 e. The molecule has 0 aliphatic rings. The Bertz CT molecular complexity index is 698. The molecule has 6 heteroatoms. The normalized spacial score (nSPS) is 10.4. The van der Waals surface area contributed by atoms with E-state index in [0.717, 1.165) is 5.39 Å². The lowest BCUT2D eigenvalue weighted by Crippen LogP contribution is -2.17. The van der Waals surface area contributed by atoms with E-state index in [0.29, 0.717) is 34.9 Å². The Morgan fingerprint density at radius 2 is 1.82 bits per heavy atom. The molecule has 0 saturated heterocycles. The lowest BCUT2D eigenvalue weighted by atomic mass is 10.1. The van der Waals surface area contributed by atoms with E-state index in [1.54, 1.807) is 33.3 Å². The number of benzene rings is 1. The van der Waals surface area contributed by atoms with Crippen molar-refractivity contribution >= 4 is 22.6 Å². The first-order chi connectivity index (χ1) is 10.5. The van der Waals surface area contributed by atoms with E-state index >= 15 is 0 Å². The maximum atomic E-state index is 12.2. The predicted octanol–water partition coefficient (Wildman–Crippen LogP) is 2.49. The number of anilines is 1. The van der Waals surface area contributed by atoms with E-state index in [1.165, 1.54) is 6.20 Å². The van der Waals surface area contributed by atoms with Crippen LogP contribution < -0.4 is 14.4 Å². The van der Waals surface area contributed by atoms with Crippen molar-refractivity contribution in [3.8, 4) is 11.5 Å². The zero-order chi connectivity index (χ0) is 16.3. The van der Waals surface area contributed by atoms with Gasteiger partial charge in [-0.25, -0.2) is 4.79 Å². The minimum Gasteiger partial charge on any atom is -0.496 e. The van der Waals surface area contributed by atoms with E-state index in [2.05, 4.69) is 4.98 Å². The zero-order valence-electron chi connectivity index (χ0n) is 13.5. The maximum absolute atomic E-state index is 12.2. The smallest absolute Gasteiger partial charge is 0.341 e. The molecule has 2 aromatic rings. The fraction of sp³-hybridized carbons (Fsp3) is 0.375. The molecule has 0 unspecified atom stereocenters. The number of fused-ring (bicyclic) bond motifs is 1. The molecule has 0 radical (unpaired) electrons. The molecule has 2 rings (SSSR count). The molecule has 0 spiro atoms. The topological polar surface area (TPSA) is 60.9 Å². The van der Waals surface area contributed by atoms with Crippen LogP contribution in [0.2, 0.25) is 0 Å². The number of hydrogen-bond acceptors (Lipinski definition) is 6. The summed E-state index contributed by atoms with van der Waals surface area (Å²) in [5, 5.41) is 0.720. The van der Waals surface area contributed by atoms with E-state index in [1.807, 2.05) is 19.0 Å².